The van der Waals surface area contributed by atoms with Crippen molar-refractivity contribution < 1.29 is 19.5 Å². The molecule has 0 radical (unpaired) electrons. The van der Waals surface area contributed by atoms with Crippen molar-refractivity contribution in [2.24, 2.45) is 22.2 Å². The van der Waals surface area contributed by atoms with E-state index >= 15 is 0 Å². The maximum absolute atomic E-state index is 12.8. The fourth-order valence-corrected chi connectivity index (χ4v) is 3.19. The van der Waals surface area contributed by atoms with Gasteiger partial charge in [0.15, 0.2) is 5.96 Å². The molecular weight excluding hydrogens is 390 g/mol. The number of carbonyl (C=O) groups excluding carboxylic acids is 2. The van der Waals surface area contributed by atoms with Gasteiger partial charge in [-0.2, -0.15) is 0 Å². The number of hydrogen-bond donors (Lipinski definition) is 5. The highest BCUT2D eigenvalue weighted by Gasteiger charge is 2.31. The van der Waals surface area contributed by atoms with Gasteiger partial charge in [0.05, 0.1) is 13.0 Å². The number of fused-ring (bicyclic) bond motifs is 1. The summed E-state index contributed by atoms with van der Waals surface area (Å²) in [5.41, 5.74) is 18.0. The number of aliphatic imine (C=N–C) groups is 1. The first-order valence-corrected chi connectivity index (χ1v) is 9.64. The zero-order valence-corrected chi connectivity index (χ0v) is 17.0. The summed E-state index contributed by atoms with van der Waals surface area (Å²) in [5.74, 6) is -1.62. The number of carboxylic acid groups (broad SMARTS) is 1. The molecule has 1 heterocycles. The molecule has 0 aliphatic carbocycles. The normalized spacial score (nSPS) is 15.6. The second-order valence-corrected chi connectivity index (χ2v) is 7.10. The Labute approximate surface area is 174 Å². The molecule has 11 heteroatoms. The van der Waals surface area contributed by atoms with E-state index in [1.807, 2.05) is 0 Å². The largest absolute Gasteiger partial charge is 0.481 e. The summed E-state index contributed by atoms with van der Waals surface area (Å²) >= 11 is 0. The van der Waals surface area contributed by atoms with Crippen molar-refractivity contribution in [1.82, 2.24) is 9.80 Å². The number of likely N-dealkylation sites (N-methyl/N-ethyl adjacent to an activating group) is 1. The Morgan fingerprint density at radius 3 is 2.73 bits per heavy atom. The van der Waals surface area contributed by atoms with E-state index in [4.69, 9.17) is 22.3 Å². The Hall–Kier alpha value is -3.34. The molecule has 0 unspecified atom stereocenters. The summed E-state index contributed by atoms with van der Waals surface area (Å²) in [4.78, 5) is 43.7. The predicted octanol–water partition coefficient (Wildman–Crippen LogP) is -1.02. The first-order valence-electron chi connectivity index (χ1n) is 9.64. The SMILES string of the molecule is CN(CCN=C(N)N)C(=O)c1ccc2c(c1)CN(CCCN)C(=O)[C@H](CC(=O)O)N2. The lowest BCUT2D eigenvalue weighted by atomic mass is 10.1. The van der Waals surface area contributed by atoms with E-state index in [1.54, 1.807) is 30.1 Å². The molecule has 0 bridgehead atoms. The Bertz CT molecular complexity index is 823. The topological polar surface area (TPSA) is 180 Å². The molecule has 2 rings (SSSR count). The number of amides is 2. The average Bonchev–Trinajstić information content (AvgIpc) is 2.81. The van der Waals surface area contributed by atoms with E-state index in [2.05, 4.69) is 10.3 Å². The highest BCUT2D eigenvalue weighted by Crippen LogP contribution is 2.26. The van der Waals surface area contributed by atoms with Crippen molar-refractivity contribution in [3.05, 3.63) is 29.3 Å². The third kappa shape index (κ3) is 6.08. The molecule has 164 valence electrons. The van der Waals surface area contributed by atoms with Gasteiger partial charge >= 0.3 is 5.97 Å². The Morgan fingerprint density at radius 2 is 2.10 bits per heavy atom. The third-order valence-corrected chi connectivity index (χ3v) is 4.74. The second-order valence-electron chi connectivity index (χ2n) is 7.10. The molecule has 1 atom stereocenters. The van der Waals surface area contributed by atoms with Gasteiger partial charge in [-0.05, 0) is 36.7 Å². The van der Waals surface area contributed by atoms with Crippen LogP contribution in [0.1, 0.15) is 28.8 Å². The van der Waals surface area contributed by atoms with Gasteiger partial charge in [-0.1, -0.05) is 0 Å². The van der Waals surface area contributed by atoms with Gasteiger partial charge in [0.25, 0.3) is 5.91 Å². The van der Waals surface area contributed by atoms with Crippen LogP contribution in [-0.4, -0.2) is 77.9 Å². The number of carbonyl (C=O) groups is 3. The van der Waals surface area contributed by atoms with Crippen LogP contribution in [0.25, 0.3) is 0 Å². The molecule has 1 aliphatic rings. The molecule has 1 aliphatic heterocycles. The number of hydrogen-bond acceptors (Lipinski definition) is 6. The van der Waals surface area contributed by atoms with Gasteiger partial charge in [-0.25, -0.2) is 0 Å². The lowest BCUT2D eigenvalue weighted by Crippen LogP contribution is -2.42. The minimum absolute atomic E-state index is 0.0369. The molecule has 0 saturated carbocycles. The van der Waals surface area contributed by atoms with Crippen LogP contribution in [0, 0.1) is 0 Å². The maximum atomic E-state index is 12.8. The van der Waals surface area contributed by atoms with Crippen LogP contribution >= 0.6 is 0 Å². The summed E-state index contributed by atoms with van der Waals surface area (Å²) in [6, 6.07) is 4.17. The van der Waals surface area contributed by atoms with Crippen molar-refractivity contribution in [2.45, 2.75) is 25.4 Å². The molecule has 2 amide bonds. The number of benzene rings is 1. The fourth-order valence-electron chi connectivity index (χ4n) is 3.19. The number of aliphatic carboxylic acids is 1. The standard InChI is InChI=1S/C19H29N7O4/c1-25(8-6-23-19(21)22)17(29)12-3-4-14-13(9-12)11-26(7-2-5-20)18(30)15(24-14)10-16(27)28/h3-4,9,15,24H,2,5-8,10-11,20H2,1H3,(H,27,28)(H4,21,22,23)/t15-/m0/s1. The van der Waals surface area contributed by atoms with Crippen LogP contribution in [0.15, 0.2) is 23.2 Å². The van der Waals surface area contributed by atoms with E-state index in [9.17, 15) is 14.4 Å². The maximum Gasteiger partial charge on any atom is 0.305 e. The van der Waals surface area contributed by atoms with Crippen molar-refractivity contribution in [1.29, 1.82) is 0 Å². The first-order chi connectivity index (χ1) is 14.2. The smallest absolute Gasteiger partial charge is 0.305 e. The summed E-state index contributed by atoms with van der Waals surface area (Å²) in [7, 11) is 1.65. The third-order valence-electron chi connectivity index (χ3n) is 4.74. The van der Waals surface area contributed by atoms with Gasteiger partial charge < -0.3 is 37.4 Å². The molecule has 0 aromatic heterocycles. The van der Waals surface area contributed by atoms with Crippen molar-refractivity contribution in [3.63, 3.8) is 0 Å². The van der Waals surface area contributed by atoms with Gasteiger partial charge in [0.2, 0.25) is 5.91 Å². The highest BCUT2D eigenvalue weighted by atomic mass is 16.4. The Morgan fingerprint density at radius 1 is 1.37 bits per heavy atom. The molecule has 0 fully saturated rings. The number of carboxylic acids is 1. The van der Waals surface area contributed by atoms with Crippen LogP contribution in [0.5, 0.6) is 0 Å². The number of anilines is 1. The molecule has 8 N–H and O–H groups in total. The van der Waals surface area contributed by atoms with Crippen LogP contribution in [-0.2, 0) is 16.1 Å². The average molecular weight is 419 g/mol. The number of nitrogens with two attached hydrogens (primary N) is 3. The van der Waals surface area contributed by atoms with Gasteiger partial charge in [-0.15, -0.1) is 0 Å². The number of nitrogens with zero attached hydrogens (tertiary/aromatic N) is 3. The van der Waals surface area contributed by atoms with Gasteiger partial charge in [0, 0.05) is 37.9 Å². The zero-order valence-electron chi connectivity index (χ0n) is 17.0. The van der Waals surface area contributed by atoms with Crippen LogP contribution in [0.3, 0.4) is 0 Å². The van der Waals surface area contributed by atoms with E-state index in [0.717, 1.165) is 5.56 Å². The van der Waals surface area contributed by atoms with E-state index in [1.165, 1.54) is 4.90 Å². The lowest BCUT2D eigenvalue weighted by Gasteiger charge is -2.23. The molecule has 0 saturated heterocycles. The summed E-state index contributed by atoms with van der Waals surface area (Å²) in [5, 5.41) is 12.2. The van der Waals surface area contributed by atoms with E-state index in [0.29, 0.717) is 37.3 Å². The lowest BCUT2D eigenvalue weighted by molar-refractivity contribution is -0.141. The second kappa shape index (κ2) is 10.4. The quantitative estimate of drug-likeness (QED) is 0.249. The Kier molecular flexibility index (Phi) is 7.98. The number of guanidine groups is 1. The molecule has 30 heavy (non-hydrogen) atoms. The Balaban J connectivity index is 2.25. The van der Waals surface area contributed by atoms with Gasteiger partial charge in [-0.3, -0.25) is 19.4 Å². The van der Waals surface area contributed by atoms with Crippen molar-refractivity contribution in [2.75, 3.05) is 38.5 Å². The summed E-state index contributed by atoms with van der Waals surface area (Å²) in [6.45, 7) is 1.70. The molecular formula is C19H29N7O4. The monoisotopic (exact) mass is 419 g/mol. The van der Waals surface area contributed by atoms with Crippen molar-refractivity contribution in [3.8, 4) is 0 Å². The summed E-state index contributed by atoms with van der Waals surface area (Å²) in [6.07, 6.45) is 0.249. The van der Waals surface area contributed by atoms with Crippen LogP contribution in [0.2, 0.25) is 0 Å². The zero-order chi connectivity index (χ0) is 22.3. The molecule has 1 aromatic carbocycles. The minimum atomic E-state index is -1.07. The van der Waals surface area contributed by atoms with Crippen LogP contribution < -0.4 is 22.5 Å². The minimum Gasteiger partial charge on any atom is -0.481 e. The predicted molar refractivity (Wildman–Crippen MR) is 113 cm³/mol. The fraction of sp³-hybridized carbons (Fsp3) is 0.474. The molecule has 11 nitrogen and oxygen atoms in total. The van der Waals surface area contributed by atoms with E-state index < -0.39 is 12.0 Å². The molecule has 1 aromatic rings. The number of rotatable bonds is 9. The van der Waals surface area contributed by atoms with Crippen molar-refractivity contribution >= 4 is 29.4 Å². The summed E-state index contributed by atoms with van der Waals surface area (Å²) < 4.78 is 0. The highest BCUT2D eigenvalue weighted by molar-refractivity contribution is 5.95. The van der Waals surface area contributed by atoms with Crippen LogP contribution in [0.4, 0.5) is 5.69 Å². The first kappa shape index (κ1) is 22.9. The van der Waals surface area contributed by atoms with Gasteiger partial charge in [0.1, 0.15) is 6.04 Å². The number of nitrogens with one attached hydrogen (secondary N) is 1. The van der Waals surface area contributed by atoms with E-state index in [-0.39, 0.29) is 37.3 Å². The molecule has 0 spiro atoms.